The number of nitrogens with zero attached hydrogens (tertiary/aromatic N) is 2. The van der Waals surface area contributed by atoms with Crippen LogP contribution in [-0.4, -0.2) is 47.7 Å². The van der Waals surface area contributed by atoms with Crippen LogP contribution in [0.5, 0.6) is 5.75 Å². The lowest BCUT2D eigenvalue weighted by Crippen LogP contribution is -2.41. The van der Waals surface area contributed by atoms with Crippen LogP contribution in [-0.2, 0) is 11.2 Å². The molecule has 188 valence electrons. The molecule has 5 nitrogen and oxygen atoms in total. The van der Waals surface area contributed by atoms with E-state index in [1.54, 1.807) is 7.11 Å². The number of likely N-dealkylation sites (tertiary alicyclic amines) is 1. The van der Waals surface area contributed by atoms with E-state index in [0.717, 1.165) is 61.0 Å². The van der Waals surface area contributed by atoms with E-state index in [1.165, 1.54) is 16.7 Å². The first kappa shape index (κ1) is 25.7. The maximum absolute atomic E-state index is 11.6. The normalized spacial score (nSPS) is 18.0. The molecular weight excluding hydrogens is 448 g/mol. The van der Waals surface area contributed by atoms with Crippen molar-refractivity contribution in [2.75, 3.05) is 26.7 Å². The van der Waals surface area contributed by atoms with Crippen LogP contribution in [0, 0.1) is 37.5 Å². The third-order valence-corrected chi connectivity index (χ3v) is 7.23. The molecule has 36 heavy (non-hydrogen) atoms. The fraction of sp³-hybridized carbons (Fsp3) is 0.419. The molecule has 0 radical (unpaired) electrons. The Morgan fingerprint density at radius 2 is 1.94 bits per heavy atom. The fourth-order valence-electron chi connectivity index (χ4n) is 5.52. The van der Waals surface area contributed by atoms with Gasteiger partial charge in [-0.05, 0) is 111 Å². The predicted molar refractivity (Wildman–Crippen MR) is 144 cm³/mol. The van der Waals surface area contributed by atoms with Crippen molar-refractivity contribution in [2.24, 2.45) is 11.8 Å². The van der Waals surface area contributed by atoms with Gasteiger partial charge in [-0.25, -0.2) is 0 Å². The third-order valence-electron chi connectivity index (χ3n) is 7.23. The molecule has 0 bridgehead atoms. The third kappa shape index (κ3) is 6.86. The Labute approximate surface area is 214 Å². The van der Waals surface area contributed by atoms with Gasteiger partial charge in [0.1, 0.15) is 5.75 Å². The highest BCUT2D eigenvalue weighted by Gasteiger charge is 2.30. The van der Waals surface area contributed by atoms with E-state index < -0.39 is 5.97 Å². The number of carboxylic acid groups (broad SMARTS) is 1. The van der Waals surface area contributed by atoms with Crippen LogP contribution in [0.1, 0.15) is 47.9 Å². The lowest BCUT2D eigenvalue weighted by atomic mass is 9.80. The number of benzene rings is 2. The molecule has 4 rings (SSSR count). The van der Waals surface area contributed by atoms with Gasteiger partial charge in [0.15, 0.2) is 0 Å². The summed E-state index contributed by atoms with van der Waals surface area (Å²) in [5.41, 5.74) is 5.74. The second kappa shape index (κ2) is 12.1. The molecule has 0 aliphatic carbocycles. The number of hydrogen-bond acceptors (Lipinski definition) is 4. The number of pyridine rings is 1. The van der Waals surface area contributed by atoms with Gasteiger partial charge in [0.25, 0.3) is 0 Å². The average molecular weight is 485 g/mol. The van der Waals surface area contributed by atoms with Gasteiger partial charge in [-0.15, -0.1) is 0 Å². The second-order valence-electron chi connectivity index (χ2n) is 10.1. The van der Waals surface area contributed by atoms with Crippen LogP contribution < -0.4 is 4.74 Å². The van der Waals surface area contributed by atoms with Crippen molar-refractivity contribution < 1.29 is 14.6 Å². The maximum Gasteiger partial charge on any atom is 0.303 e. The van der Waals surface area contributed by atoms with E-state index in [1.807, 2.05) is 18.3 Å². The number of methoxy groups -OCH3 is 1. The van der Waals surface area contributed by atoms with Gasteiger partial charge < -0.3 is 9.84 Å². The van der Waals surface area contributed by atoms with Crippen molar-refractivity contribution in [3.63, 3.8) is 0 Å². The molecule has 0 spiro atoms. The molecule has 0 saturated carbocycles. The maximum atomic E-state index is 11.6. The number of hydrogen-bond donors (Lipinski definition) is 1. The number of carboxylic acids is 1. The molecule has 5 heteroatoms. The largest absolute Gasteiger partial charge is 0.497 e. The number of ether oxygens (including phenoxy) is 1. The zero-order valence-corrected chi connectivity index (χ0v) is 21.6. The van der Waals surface area contributed by atoms with Gasteiger partial charge in [-0.1, -0.05) is 17.9 Å². The first-order chi connectivity index (χ1) is 17.4. The number of aromatic nitrogens is 1. The smallest absolute Gasteiger partial charge is 0.303 e. The summed E-state index contributed by atoms with van der Waals surface area (Å²) in [6.07, 6.45) is 6.13. The number of aryl methyl sites for hydroxylation is 3. The summed E-state index contributed by atoms with van der Waals surface area (Å²) in [5.74, 6) is 7.33. The van der Waals surface area contributed by atoms with Crippen molar-refractivity contribution in [3.05, 3.63) is 70.9 Å². The minimum atomic E-state index is -0.708. The second-order valence-corrected chi connectivity index (χ2v) is 10.1. The van der Waals surface area contributed by atoms with E-state index >= 15 is 0 Å². The van der Waals surface area contributed by atoms with Crippen molar-refractivity contribution >= 4 is 16.9 Å². The Bertz CT molecular complexity index is 1250. The zero-order chi connectivity index (χ0) is 25.5. The number of piperidine rings is 1. The Morgan fingerprint density at radius 1 is 1.14 bits per heavy atom. The lowest BCUT2D eigenvalue weighted by Gasteiger charge is -2.37. The molecule has 2 heterocycles. The van der Waals surface area contributed by atoms with E-state index in [0.29, 0.717) is 12.5 Å². The van der Waals surface area contributed by atoms with Crippen LogP contribution in [0.25, 0.3) is 10.9 Å². The molecule has 1 N–H and O–H groups in total. The first-order valence-corrected chi connectivity index (χ1v) is 12.8. The number of fused-ring (bicyclic) bond motifs is 1. The highest BCUT2D eigenvalue weighted by atomic mass is 16.5. The zero-order valence-electron chi connectivity index (χ0n) is 21.6. The Balaban J connectivity index is 1.35. The van der Waals surface area contributed by atoms with Crippen molar-refractivity contribution in [1.82, 2.24) is 9.88 Å². The molecule has 3 aromatic rings. The van der Waals surface area contributed by atoms with Crippen LogP contribution in [0.4, 0.5) is 0 Å². The summed E-state index contributed by atoms with van der Waals surface area (Å²) in [6.45, 7) is 6.63. The van der Waals surface area contributed by atoms with Gasteiger partial charge in [0.2, 0.25) is 0 Å². The lowest BCUT2D eigenvalue weighted by molar-refractivity contribution is -0.139. The quantitative estimate of drug-likeness (QED) is 0.419. The van der Waals surface area contributed by atoms with Crippen LogP contribution in [0.3, 0.4) is 0 Å². The molecular formula is C31H36N2O3. The SMILES string of the molecule is COc1ccc2nccc(CCC[C@@H]3CCN(CC#Cc4cc(C)cc(C)c4)C[C@@H]3CC(=O)O)c2c1. The number of rotatable bonds is 8. The molecule has 1 aliphatic heterocycles. The Hall–Kier alpha value is -3.36. The molecule has 1 fully saturated rings. The van der Waals surface area contributed by atoms with Crippen LogP contribution in [0.2, 0.25) is 0 Å². The molecule has 0 unspecified atom stereocenters. The summed E-state index contributed by atoms with van der Waals surface area (Å²) >= 11 is 0. The monoisotopic (exact) mass is 484 g/mol. The fourth-order valence-corrected chi connectivity index (χ4v) is 5.52. The molecule has 1 aromatic heterocycles. The summed E-state index contributed by atoms with van der Waals surface area (Å²) in [5, 5.41) is 10.7. The van der Waals surface area contributed by atoms with Crippen molar-refractivity contribution in [3.8, 4) is 17.6 Å². The van der Waals surface area contributed by atoms with Gasteiger partial charge in [0.05, 0.1) is 19.2 Å². The topological polar surface area (TPSA) is 62.7 Å². The van der Waals surface area contributed by atoms with E-state index in [-0.39, 0.29) is 12.3 Å². The van der Waals surface area contributed by atoms with Gasteiger partial charge in [-0.2, -0.15) is 0 Å². The minimum Gasteiger partial charge on any atom is -0.497 e. The predicted octanol–water partition coefficient (Wildman–Crippen LogP) is 5.65. The highest BCUT2D eigenvalue weighted by molar-refractivity contribution is 5.83. The van der Waals surface area contributed by atoms with E-state index in [4.69, 9.17) is 4.74 Å². The van der Waals surface area contributed by atoms with Crippen LogP contribution >= 0.6 is 0 Å². The molecule has 2 atom stereocenters. The highest BCUT2D eigenvalue weighted by Crippen LogP contribution is 2.31. The Morgan fingerprint density at radius 3 is 2.69 bits per heavy atom. The number of carbonyl (C=O) groups is 1. The average Bonchev–Trinajstić information content (AvgIpc) is 2.84. The molecule has 0 amide bonds. The van der Waals surface area contributed by atoms with Gasteiger partial charge in [-0.3, -0.25) is 14.7 Å². The summed E-state index contributed by atoms with van der Waals surface area (Å²) in [6, 6.07) is 14.5. The van der Waals surface area contributed by atoms with Gasteiger partial charge >= 0.3 is 5.97 Å². The molecule has 1 saturated heterocycles. The minimum absolute atomic E-state index is 0.161. The summed E-state index contributed by atoms with van der Waals surface area (Å²) < 4.78 is 5.40. The van der Waals surface area contributed by atoms with Crippen molar-refractivity contribution in [2.45, 2.75) is 46.0 Å². The van der Waals surface area contributed by atoms with Crippen LogP contribution in [0.15, 0.2) is 48.7 Å². The summed E-state index contributed by atoms with van der Waals surface area (Å²) in [4.78, 5) is 18.4. The first-order valence-electron chi connectivity index (χ1n) is 12.8. The summed E-state index contributed by atoms with van der Waals surface area (Å²) in [7, 11) is 1.68. The molecule has 1 aliphatic rings. The van der Waals surface area contributed by atoms with E-state index in [9.17, 15) is 9.90 Å². The molecule has 2 aromatic carbocycles. The van der Waals surface area contributed by atoms with E-state index in [2.05, 4.69) is 65.9 Å². The standard InChI is InChI=1S/C31H36N2O3/c1-22-16-23(2)18-24(17-22)6-5-14-33-15-12-25(27(21-33)19-31(34)35)7-4-8-26-11-13-32-30-10-9-28(36-3)20-29(26)30/h9-11,13,16-18,20,25,27H,4,7-8,12,14-15,19,21H2,1-3H3,(H,34,35)/t25-,27+/m1/s1. The van der Waals surface area contributed by atoms with Gasteiger partial charge in [0, 0.05) is 30.1 Å². The number of aliphatic carboxylic acids is 1. The Kier molecular flexibility index (Phi) is 8.61. The van der Waals surface area contributed by atoms with Crippen molar-refractivity contribution in [1.29, 1.82) is 0 Å².